The molecule has 5 aliphatic rings. The van der Waals surface area contributed by atoms with Gasteiger partial charge in [0.1, 0.15) is 28.9 Å². The molecule has 1 aromatic rings. The van der Waals surface area contributed by atoms with Crippen LogP contribution >= 0.6 is 0 Å². The molecule has 0 unspecified atom stereocenters. The van der Waals surface area contributed by atoms with E-state index in [0.29, 0.717) is 59.2 Å². The number of hydrogen-bond acceptors (Lipinski definition) is 12. The maximum atomic E-state index is 12.2. The molecule has 5 fully saturated rings. The van der Waals surface area contributed by atoms with Gasteiger partial charge in [-0.2, -0.15) is 0 Å². The van der Waals surface area contributed by atoms with Crippen molar-refractivity contribution in [1.29, 1.82) is 0 Å². The zero-order chi connectivity index (χ0) is 83.9. The molecule has 0 spiro atoms. The molecule has 106 heavy (non-hydrogen) atoms. The fourth-order valence-corrected chi connectivity index (χ4v) is 13.2. The number of carbonyl (C=O) groups excluding carboxylic acids is 6. The Morgan fingerprint density at radius 2 is 0.415 bits per heavy atom. The smallest absolute Gasteiger partial charge is 0.168 e. The van der Waals surface area contributed by atoms with E-state index in [0.717, 1.165) is 121 Å². The van der Waals surface area contributed by atoms with Crippen molar-refractivity contribution in [3.63, 3.8) is 0 Å². The Balaban J connectivity index is -0.00000116. The van der Waals surface area contributed by atoms with Crippen molar-refractivity contribution in [3.8, 4) is 0 Å². The fraction of sp³-hybridized carbons (Fsp3) is 0.872. The third-order valence-electron chi connectivity index (χ3n) is 18.9. The Morgan fingerprint density at radius 3 is 0.557 bits per heavy atom. The molecule has 624 valence electrons. The summed E-state index contributed by atoms with van der Waals surface area (Å²) in [7, 11) is 3.42. The van der Waals surface area contributed by atoms with E-state index in [1.54, 1.807) is 14.2 Å². The van der Waals surface area contributed by atoms with Gasteiger partial charge in [-0.05, 0) is 240 Å². The molecule has 12 heteroatoms. The van der Waals surface area contributed by atoms with Crippen LogP contribution in [0.15, 0.2) is 30.3 Å². The van der Waals surface area contributed by atoms with Crippen LogP contribution in [-0.4, -0.2) is 107 Å². The van der Waals surface area contributed by atoms with Crippen LogP contribution in [0.2, 0.25) is 0 Å². The van der Waals surface area contributed by atoms with Crippen LogP contribution < -0.4 is 0 Å². The van der Waals surface area contributed by atoms with Crippen LogP contribution in [0.1, 0.15) is 408 Å². The molecule has 12 nitrogen and oxygen atoms in total. The summed E-state index contributed by atoms with van der Waals surface area (Å²) >= 11 is 0. The van der Waals surface area contributed by atoms with E-state index >= 15 is 0 Å². The third-order valence-corrected chi connectivity index (χ3v) is 18.9. The molecule has 0 radical (unpaired) electrons. The quantitative estimate of drug-likeness (QED) is 0.205. The van der Waals surface area contributed by atoms with Gasteiger partial charge < -0.3 is 28.4 Å². The molecule has 0 N–H and O–H groups in total. The average molecular weight is 1500 g/mol. The van der Waals surface area contributed by atoms with Crippen molar-refractivity contribution in [2.45, 2.75) is 456 Å². The van der Waals surface area contributed by atoms with Crippen LogP contribution in [0.3, 0.4) is 0 Å². The molecule has 0 heterocycles. The molecule has 0 bridgehead atoms. The summed E-state index contributed by atoms with van der Waals surface area (Å²) in [6, 6.07) is 9.40. The van der Waals surface area contributed by atoms with Gasteiger partial charge >= 0.3 is 0 Å². The van der Waals surface area contributed by atoms with Crippen molar-refractivity contribution < 1.29 is 57.2 Å². The zero-order valence-corrected chi connectivity index (χ0v) is 77.3. The maximum absolute atomic E-state index is 12.2. The predicted octanol–water partition coefficient (Wildman–Crippen LogP) is 25.9. The number of benzene rings is 1. The minimum atomic E-state index is -0.276. The van der Waals surface area contributed by atoms with E-state index in [4.69, 9.17) is 28.4 Å². The number of rotatable bonds is 10. The Morgan fingerprint density at radius 1 is 0.245 bits per heavy atom. The summed E-state index contributed by atoms with van der Waals surface area (Å²) in [6.45, 7) is 77.4. The highest BCUT2D eigenvalue weighted by molar-refractivity contribution is 5.99. The number of carbonyl (C=O) groups is 6. The number of methoxy groups -OCH3 is 2. The van der Waals surface area contributed by atoms with E-state index < -0.39 is 0 Å². The average Bonchev–Trinajstić information content (AvgIpc) is 0.865. The lowest BCUT2D eigenvalue weighted by molar-refractivity contribution is -0.134. The molecule has 0 aliphatic heterocycles. The van der Waals surface area contributed by atoms with E-state index in [1.165, 1.54) is 19.3 Å². The van der Waals surface area contributed by atoms with Gasteiger partial charge in [0.25, 0.3) is 0 Å². The molecular formula is C94H176O12. The van der Waals surface area contributed by atoms with E-state index in [1.807, 2.05) is 210 Å². The van der Waals surface area contributed by atoms with E-state index in [9.17, 15) is 28.8 Å². The lowest BCUT2D eigenvalue weighted by atomic mass is 9.75. The molecule has 0 atom stereocenters. The predicted molar refractivity (Wildman–Crippen MR) is 450 cm³/mol. The largest absolute Gasteiger partial charge is 0.379 e. The molecule has 5 saturated carbocycles. The second-order valence-electron chi connectivity index (χ2n) is 42.8. The SMILES string of the molecule is CC.CC(C)(C)C(=O)C1CCCCC1.CC(C)(C)C(=O)c1ccccc1.CC(C)(C)OC1CCC(C(=O)C(C)(C)C)CC1.CC(C)(C)OC1CCC(C(=O)C(C)(C)C)CC1.CC(C)(C)OC1CCC(C(=O)C(C)(C)C)CC1.CC(C)(C)OC1CCC(C(=O)C(C)(C)C)CC1.COC(C)(C)C.COC(C)(C)C. The number of ketones is 6. The number of Topliss-reactive ketones (excluding diaryl/α,β-unsaturated/α-hetero) is 6. The molecule has 0 saturated heterocycles. The van der Waals surface area contributed by atoms with Gasteiger partial charge in [-0.15, -0.1) is 0 Å². The van der Waals surface area contributed by atoms with Crippen molar-refractivity contribution in [1.82, 2.24) is 0 Å². The Labute approximate surface area is 656 Å². The Bertz CT molecular complexity index is 2310. The lowest BCUT2D eigenvalue weighted by Crippen LogP contribution is -2.35. The van der Waals surface area contributed by atoms with Crippen LogP contribution in [0, 0.1) is 62.1 Å². The normalized spacial score (nSPS) is 22.3. The summed E-state index contributed by atoms with van der Waals surface area (Å²) in [5.74, 6) is 3.77. The first-order valence-corrected chi connectivity index (χ1v) is 41.7. The van der Waals surface area contributed by atoms with Crippen LogP contribution in [0.4, 0.5) is 0 Å². The van der Waals surface area contributed by atoms with Gasteiger partial charge in [0, 0.05) is 81.9 Å². The molecule has 0 amide bonds. The highest BCUT2D eigenvalue weighted by atomic mass is 16.5. The Hall–Kier alpha value is -3.00. The zero-order valence-electron chi connectivity index (χ0n) is 77.3. The molecule has 6 rings (SSSR count). The molecular weight excluding hydrogens is 1320 g/mol. The van der Waals surface area contributed by atoms with E-state index in [2.05, 4.69) is 83.1 Å². The summed E-state index contributed by atoms with van der Waals surface area (Å²) < 4.78 is 33.8. The van der Waals surface area contributed by atoms with Gasteiger partial charge in [-0.1, -0.05) is 188 Å². The van der Waals surface area contributed by atoms with Crippen molar-refractivity contribution in [2.24, 2.45) is 62.1 Å². The van der Waals surface area contributed by atoms with Gasteiger partial charge in [0.2, 0.25) is 0 Å². The van der Waals surface area contributed by atoms with Gasteiger partial charge in [0.15, 0.2) is 5.78 Å². The molecule has 1 aromatic carbocycles. The maximum Gasteiger partial charge on any atom is 0.168 e. The Kier molecular flexibility index (Phi) is 47.4. The van der Waals surface area contributed by atoms with Crippen LogP contribution in [0.5, 0.6) is 0 Å². The van der Waals surface area contributed by atoms with Gasteiger partial charge in [-0.3, -0.25) is 28.8 Å². The molecule has 5 aliphatic carbocycles. The first-order valence-electron chi connectivity index (χ1n) is 41.7. The monoisotopic (exact) mass is 1500 g/mol. The van der Waals surface area contributed by atoms with Crippen molar-refractivity contribution in [2.75, 3.05) is 14.2 Å². The summed E-state index contributed by atoms with van der Waals surface area (Å²) in [6.07, 6.45) is 23.7. The standard InChI is InChI=1S/4C15H28O2.C11H20O.C11H14O.2C5H12O.C2H6/c4*1-14(2,3)13(16)11-7-9-12(10-8-11)17-15(4,5)6;2*1-11(2,3)10(12)9-7-5-4-6-8-9;2*1-5(2,3)6-4;1-2/h4*11-12H,7-10H2,1-6H3;9H,4-8H2,1-3H3;4-8H,1-3H3;2*1-4H3;1-2H3. The van der Waals surface area contributed by atoms with Gasteiger partial charge in [-0.25, -0.2) is 0 Å². The van der Waals surface area contributed by atoms with Crippen molar-refractivity contribution >= 4 is 34.7 Å². The summed E-state index contributed by atoms with van der Waals surface area (Å²) in [5, 5.41) is 0. The first kappa shape index (κ1) is 107. The highest BCUT2D eigenvalue weighted by Gasteiger charge is 2.39. The van der Waals surface area contributed by atoms with Crippen LogP contribution in [0.25, 0.3) is 0 Å². The third kappa shape index (κ3) is 52.3. The highest BCUT2D eigenvalue weighted by Crippen LogP contribution is 2.39. The minimum absolute atomic E-state index is 0.0417. The van der Waals surface area contributed by atoms with Gasteiger partial charge in [0.05, 0.1) is 58.0 Å². The summed E-state index contributed by atoms with van der Waals surface area (Å²) in [4.78, 5) is 72.2. The first-order chi connectivity index (χ1) is 47.5. The second kappa shape index (κ2) is 46.9. The summed E-state index contributed by atoms with van der Waals surface area (Å²) in [5.41, 5.74) is -0.544. The van der Waals surface area contributed by atoms with E-state index in [-0.39, 0.29) is 95.6 Å². The molecule has 0 aromatic heterocycles. The van der Waals surface area contributed by atoms with Crippen molar-refractivity contribution in [3.05, 3.63) is 35.9 Å². The van der Waals surface area contributed by atoms with Crippen LogP contribution in [-0.2, 0) is 52.4 Å². The lowest BCUT2D eigenvalue weighted by Gasteiger charge is -2.34. The minimum Gasteiger partial charge on any atom is -0.379 e. The topological polar surface area (TPSA) is 158 Å². The fourth-order valence-electron chi connectivity index (χ4n) is 13.2. The number of ether oxygens (including phenoxy) is 6. The second-order valence-corrected chi connectivity index (χ2v) is 42.8. The number of hydrogen-bond donors (Lipinski definition) is 0.